The van der Waals surface area contributed by atoms with Crippen LogP contribution in [0.4, 0.5) is 13.2 Å². The first-order chi connectivity index (χ1) is 13.6. The number of hydrogen-bond acceptors (Lipinski definition) is 1. The number of halogens is 3. The van der Waals surface area contributed by atoms with E-state index in [0.29, 0.717) is 11.5 Å². The molecular formula is C24H27F3O. The number of rotatable bonds is 5. The van der Waals surface area contributed by atoms with E-state index in [1.165, 1.54) is 69.1 Å². The number of hydrogen-bond donors (Lipinski definition) is 0. The summed E-state index contributed by atoms with van der Waals surface area (Å²) in [5, 5.41) is 0. The van der Waals surface area contributed by atoms with Crippen molar-refractivity contribution >= 4 is 0 Å². The molecule has 0 spiro atoms. The fraction of sp³-hybridized carbons (Fsp3) is 0.500. The van der Waals surface area contributed by atoms with E-state index in [-0.39, 0.29) is 0 Å². The highest BCUT2D eigenvalue weighted by Gasteiger charge is 2.29. The van der Waals surface area contributed by atoms with Gasteiger partial charge in [0.15, 0.2) is 11.6 Å². The Balaban J connectivity index is 1.39. The van der Waals surface area contributed by atoms with Gasteiger partial charge in [-0.1, -0.05) is 56.0 Å². The van der Waals surface area contributed by atoms with Crippen LogP contribution in [0.1, 0.15) is 62.8 Å². The molecule has 2 aromatic rings. The van der Waals surface area contributed by atoms with Crippen LogP contribution in [0.5, 0.6) is 5.75 Å². The maximum atomic E-state index is 14.0. The second-order valence-corrected chi connectivity index (χ2v) is 8.30. The van der Waals surface area contributed by atoms with Gasteiger partial charge in [0.2, 0.25) is 0 Å². The Morgan fingerprint density at radius 1 is 0.750 bits per heavy atom. The van der Waals surface area contributed by atoms with Crippen molar-refractivity contribution in [2.75, 3.05) is 0 Å². The Morgan fingerprint density at radius 2 is 1.36 bits per heavy atom. The lowest BCUT2D eigenvalue weighted by Gasteiger charge is -2.32. The van der Waals surface area contributed by atoms with Crippen molar-refractivity contribution < 1.29 is 17.9 Å². The van der Waals surface area contributed by atoms with Crippen molar-refractivity contribution in [1.29, 1.82) is 0 Å². The van der Waals surface area contributed by atoms with Crippen LogP contribution in [0.25, 0.3) is 11.1 Å². The average Bonchev–Trinajstić information content (AvgIpc) is 3.24. The summed E-state index contributed by atoms with van der Waals surface area (Å²) in [5.74, 6) is 1.32. The smallest absolute Gasteiger partial charge is 0.387 e. The summed E-state index contributed by atoms with van der Waals surface area (Å²) < 4.78 is 42.7. The first-order valence-electron chi connectivity index (χ1n) is 10.4. The highest BCUT2D eigenvalue weighted by atomic mass is 19.3. The molecule has 2 saturated carbocycles. The van der Waals surface area contributed by atoms with Gasteiger partial charge in [-0.2, -0.15) is 8.78 Å². The molecular weight excluding hydrogens is 361 g/mol. The van der Waals surface area contributed by atoms with Gasteiger partial charge in [-0.3, -0.25) is 0 Å². The lowest BCUT2D eigenvalue weighted by Crippen LogP contribution is -2.19. The van der Waals surface area contributed by atoms with Gasteiger partial charge in [0, 0.05) is 0 Å². The van der Waals surface area contributed by atoms with Gasteiger partial charge in [-0.25, -0.2) is 4.39 Å². The Hall–Kier alpha value is -1.97. The molecule has 4 rings (SSSR count). The SMILES string of the molecule is Fc1cc(-c2ccc([C@H]3CC[C@H](C4CCCC4)CC3)cc2)ccc1OC(F)F. The van der Waals surface area contributed by atoms with Crippen LogP contribution in [0, 0.1) is 17.7 Å². The van der Waals surface area contributed by atoms with E-state index in [4.69, 9.17) is 0 Å². The summed E-state index contributed by atoms with van der Waals surface area (Å²) in [7, 11) is 0. The Labute approximate surface area is 164 Å². The number of benzene rings is 2. The van der Waals surface area contributed by atoms with Crippen LogP contribution in [0.15, 0.2) is 42.5 Å². The molecule has 0 N–H and O–H groups in total. The molecule has 0 aliphatic heterocycles. The van der Waals surface area contributed by atoms with Crippen LogP contribution in [-0.4, -0.2) is 6.61 Å². The lowest BCUT2D eigenvalue weighted by atomic mass is 9.73. The molecule has 0 saturated heterocycles. The zero-order valence-electron chi connectivity index (χ0n) is 16.0. The van der Waals surface area contributed by atoms with E-state index in [2.05, 4.69) is 16.9 Å². The molecule has 2 aliphatic rings. The zero-order chi connectivity index (χ0) is 19.5. The van der Waals surface area contributed by atoms with E-state index >= 15 is 0 Å². The van der Waals surface area contributed by atoms with Crippen molar-refractivity contribution in [3.63, 3.8) is 0 Å². The van der Waals surface area contributed by atoms with E-state index in [0.717, 1.165) is 17.4 Å². The molecule has 0 aromatic heterocycles. The molecule has 150 valence electrons. The van der Waals surface area contributed by atoms with Gasteiger partial charge in [0.1, 0.15) is 0 Å². The average molecular weight is 388 g/mol. The molecule has 28 heavy (non-hydrogen) atoms. The predicted octanol–water partition coefficient (Wildman–Crippen LogP) is 7.56. The molecule has 0 atom stereocenters. The summed E-state index contributed by atoms with van der Waals surface area (Å²) in [5.41, 5.74) is 2.90. The van der Waals surface area contributed by atoms with Crippen LogP contribution in [0.3, 0.4) is 0 Å². The van der Waals surface area contributed by atoms with Crippen LogP contribution in [0.2, 0.25) is 0 Å². The van der Waals surface area contributed by atoms with Crippen molar-refractivity contribution in [1.82, 2.24) is 0 Å². The summed E-state index contributed by atoms with van der Waals surface area (Å²) in [6, 6.07) is 12.4. The Morgan fingerprint density at radius 3 is 1.96 bits per heavy atom. The van der Waals surface area contributed by atoms with Crippen molar-refractivity contribution in [2.24, 2.45) is 11.8 Å². The van der Waals surface area contributed by atoms with Gasteiger partial charge in [0.05, 0.1) is 0 Å². The second-order valence-electron chi connectivity index (χ2n) is 8.30. The molecule has 2 aliphatic carbocycles. The number of ether oxygens (including phenoxy) is 1. The van der Waals surface area contributed by atoms with Crippen LogP contribution >= 0.6 is 0 Å². The molecule has 1 nitrogen and oxygen atoms in total. The third-order valence-electron chi connectivity index (χ3n) is 6.70. The fourth-order valence-electron chi connectivity index (χ4n) is 5.17. The van der Waals surface area contributed by atoms with Gasteiger partial charge >= 0.3 is 6.61 Å². The van der Waals surface area contributed by atoms with Gasteiger partial charge in [-0.05, 0) is 72.3 Å². The highest BCUT2D eigenvalue weighted by molar-refractivity contribution is 5.64. The first-order valence-corrected chi connectivity index (χ1v) is 10.4. The van der Waals surface area contributed by atoms with Gasteiger partial charge in [-0.15, -0.1) is 0 Å². The second kappa shape index (κ2) is 8.59. The zero-order valence-corrected chi connectivity index (χ0v) is 16.0. The molecule has 0 unspecified atom stereocenters. The van der Waals surface area contributed by atoms with Crippen molar-refractivity contribution in [3.05, 3.63) is 53.8 Å². The van der Waals surface area contributed by atoms with Crippen molar-refractivity contribution in [3.8, 4) is 16.9 Å². The van der Waals surface area contributed by atoms with Gasteiger partial charge in [0.25, 0.3) is 0 Å². The topological polar surface area (TPSA) is 9.23 Å². The van der Waals surface area contributed by atoms with E-state index in [9.17, 15) is 13.2 Å². The van der Waals surface area contributed by atoms with Gasteiger partial charge < -0.3 is 4.74 Å². The highest BCUT2D eigenvalue weighted by Crippen LogP contribution is 2.43. The van der Waals surface area contributed by atoms with E-state index < -0.39 is 18.2 Å². The van der Waals surface area contributed by atoms with E-state index in [1.807, 2.05) is 12.1 Å². The maximum Gasteiger partial charge on any atom is 0.387 e. The quantitative estimate of drug-likeness (QED) is 0.513. The molecule has 0 amide bonds. The summed E-state index contributed by atoms with van der Waals surface area (Å²) in [4.78, 5) is 0. The molecule has 4 heteroatoms. The monoisotopic (exact) mass is 388 g/mol. The molecule has 0 bridgehead atoms. The number of alkyl halides is 2. The minimum absolute atomic E-state index is 0.422. The third-order valence-corrected chi connectivity index (χ3v) is 6.70. The largest absolute Gasteiger partial charge is 0.432 e. The molecule has 2 fully saturated rings. The standard InChI is InChI=1S/C24H27F3O/c25-22-15-21(13-14-23(22)28-24(26)27)20-11-9-19(10-12-20)18-7-5-17(6-8-18)16-3-1-2-4-16/h9-18,24H,1-8H2/t17-,18-. The minimum Gasteiger partial charge on any atom is -0.432 e. The Bertz CT molecular complexity index is 773. The first kappa shape index (κ1) is 19.4. The Kier molecular flexibility index (Phi) is 5.93. The summed E-state index contributed by atoms with van der Waals surface area (Å²) >= 11 is 0. The summed E-state index contributed by atoms with van der Waals surface area (Å²) in [6.07, 6.45) is 10.9. The van der Waals surface area contributed by atoms with Crippen LogP contribution < -0.4 is 4.74 Å². The normalized spacial score (nSPS) is 23.3. The van der Waals surface area contributed by atoms with Crippen LogP contribution in [-0.2, 0) is 0 Å². The third kappa shape index (κ3) is 4.37. The lowest BCUT2D eigenvalue weighted by molar-refractivity contribution is -0.0521. The maximum absolute atomic E-state index is 14.0. The predicted molar refractivity (Wildman–Crippen MR) is 105 cm³/mol. The van der Waals surface area contributed by atoms with Crippen molar-refractivity contribution in [2.45, 2.75) is 63.9 Å². The summed E-state index contributed by atoms with van der Waals surface area (Å²) in [6.45, 7) is -3.02. The molecule has 2 aromatic carbocycles. The minimum atomic E-state index is -3.02. The van der Waals surface area contributed by atoms with E-state index in [1.54, 1.807) is 6.07 Å². The molecule has 0 radical (unpaired) electrons. The fourth-order valence-corrected chi connectivity index (χ4v) is 5.17. The molecule has 0 heterocycles.